The van der Waals surface area contributed by atoms with Gasteiger partial charge in [0, 0.05) is 40.5 Å². The van der Waals surface area contributed by atoms with Crippen LogP contribution in [0.3, 0.4) is 0 Å². The molecule has 2 heterocycles. The molecule has 5 rings (SSSR count). The number of fused-ring (bicyclic) bond motifs is 2. The van der Waals surface area contributed by atoms with Crippen LogP contribution in [0.15, 0.2) is 30.3 Å². The lowest BCUT2D eigenvalue weighted by molar-refractivity contribution is -0.136. The van der Waals surface area contributed by atoms with E-state index < -0.39 is 11.6 Å². The highest BCUT2D eigenvalue weighted by molar-refractivity contribution is 6.35. The number of rotatable bonds is 4. The minimum atomic E-state index is -0.870. The molecule has 3 aromatic carbocycles. The average Bonchev–Trinajstić information content (AvgIpc) is 3.25. The number of carboxylic acids is 1. The van der Waals surface area contributed by atoms with Crippen LogP contribution in [0.5, 0.6) is 5.75 Å². The van der Waals surface area contributed by atoms with Crippen molar-refractivity contribution < 1.29 is 28.9 Å². The number of carbonyl (C=O) groups is 2. The zero-order valence-corrected chi connectivity index (χ0v) is 26.4. The zero-order chi connectivity index (χ0) is 31.4. The molecule has 0 aromatic heterocycles. The van der Waals surface area contributed by atoms with Gasteiger partial charge in [-0.1, -0.05) is 23.2 Å². The summed E-state index contributed by atoms with van der Waals surface area (Å²) >= 11 is 11.2. The van der Waals surface area contributed by atoms with Crippen molar-refractivity contribution in [2.45, 2.75) is 65.9 Å². The number of ether oxygens (including phenoxy) is 1. The van der Waals surface area contributed by atoms with Gasteiger partial charge in [-0.05, 0) is 118 Å². The number of aliphatic hydroxyl groups is 1. The standard InChI is InChI=1S/C22H24FNO3.C7H4Cl2O.C4H10O/c1-12-9-19-15(6-7-24(19)3)21(16(12)11-20(25)26)17-10-18(23)22-14(13(17)2)5-4-8-27-22;8-6-1-5(4-10)2-7(9)3-6;1-4(2,3)5/h9-10H,4-8,11H2,1-3H3,(H,25,26);1-4H;5H,1-3H3. The van der Waals surface area contributed by atoms with E-state index in [0.29, 0.717) is 34.3 Å². The Morgan fingerprint density at radius 2 is 1.69 bits per heavy atom. The number of nitrogens with zero attached hydrogens (tertiary/aromatic N) is 1. The Kier molecular flexibility index (Phi) is 11.0. The van der Waals surface area contributed by atoms with Crippen molar-refractivity contribution in [1.82, 2.24) is 0 Å². The first-order valence-electron chi connectivity index (χ1n) is 13.8. The normalized spacial score (nSPS) is 13.5. The zero-order valence-electron chi connectivity index (χ0n) is 24.9. The molecule has 0 unspecified atom stereocenters. The number of aldehydes is 1. The van der Waals surface area contributed by atoms with Crippen LogP contribution in [0.25, 0.3) is 11.1 Å². The van der Waals surface area contributed by atoms with Gasteiger partial charge >= 0.3 is 5.97 Å². The Labute approximate surface area is 257 Å². The number of aryl methyl sites for hydroxylation is 1. The summed E-state index contributed by atoms with van der Waals surface area (Å²) in [7, 11) is 2.04. The van der Waals surface area contributed by atoms with E-state index in [2.05, 4.69) is 11.0 Å². The van der Waals surface area contributed by atoms with E-state index >= 15 is 0 Å². The molecular weight excluding hydrogens is 580 g/mol. The number of anilines is 1. The second-order valence-corrected chi connectivity index (χ2v) is 12.4. The molecule has 3 aromatic rings. The van der Waals surface area contributed by atoms with Gasteiger partial charge in [0.05, 0.1) is 18.6 Å². The van der Waals surface area contributed by atoms with Crippen LogP contribution >= 0.6 is 23.2 Å². The maximum Gasteiger partial charge on any atom is 0.307 e. The van der Waals surface area contributed by atoms with Gasteiger partial charge in [-0.3, -0.25) is 9.59 Å². The SMILES string of the molecule is CC(C)(C)O.Cc1cc2c(c(-c3cc(F)c4c(c3C)CCCO4)c1CC(=O)O)CCN2C.O=Cc1cc(Cl)cc(Cl)c1. The van der Waals surface area contributed by atoms with Crippen LogP contribution in [0.2, 0.25) is 10.0 Å². The lowest BCUT2D eigenvalue weighted by atomic mass is 9.84. The summed E-state index contributed by atoms with van der Waals surface area (Å²) in [6.07, 6.45) is 3.13. The van der Waals surface area contributed by atoms with Gasteiger partial charge in [0.1, 0.15) is 6.29 Å². The Hall–Kier alpha value is -3.13. The molecule has 0 aliphatic carbocycles. The summed E-state index contributed by atoms with van der Waals surface area (Å²) in [4.78, 5) is 23.9. The van der Waals surface area contributed by atoms with E-state index in [4.69, 9.17) is 33.0 Å². The minimum absolute atomic E-state index is 0.0627. The average molecular weight is 619 g/mol. The number of hydrogen-bond acceptors (Lipinski definition) is 5. The Balaban J connectivity index is 0.000000266. The van der Waals surface area contributed by atoms with Crippen molar-refractivity contribution in [3.8, 4) is 16.9 Å². The topological polar surface area (TPSA) is 87.1 Å². The van der Waals surface area contributed by atoms with Crippen LogP contribution in [0.1, 0.15) is 65.4 Å². The molecule has 0 fully saturated rings. The highest BCUT2D eigenvalue weighted by Gasteiger charge is 2.28. The molecule has 2 N–H and O–H groups in total. The van der Waals surface area contributed by atoms with Crippen molar-refractivity contribution in [2.75, 3.05) is 25.1 Å². The van der Waals surface area contributed by atoms with E-state index in [1.165, 1.54) is 6.07 Å². The molecular formula is C33H38Cl2FNO5. The number of carboxylic acid groups (broad SMARTS) is 1. The van der Waals surface area contributed by atoms with Gasteiger partial charge in [0.2, 0.25) is 0 Å². The molecule has 2 aliphatic heterocycles. The molecule has 0 saturated carbocycles. The summed E-state index contributed by atoms with van der Waals surface area (Å²) < 4.78 is 20.4. The molecule has 2 aliphatic rings. The first kappa shape index (κ1) is 33.4. The van der Waals surface area contributed by atoms with Crippen molar-refractivity contribution >= 4 is 41.1 Å². The van der Waals surface area contributed by atoms with Crippen LogP contribution in [-0.2, 0) is 24.1 Å². The fourth-order valence-electron chi connectivity index (χ4n) is 5.15. The van der Waals surface area contributed by atoms with Gasteiger partial charge in [0.15, 0.2) is 11.6 Å². The number of carbonyl (C=O) groups excluding carboxylic acids is 1. The maximum absolute atomic E-state index is 14.9. The van der Waals surface area contributed by atoms with Crippen molar-refractivity contribution in [3.05, 3.63) is 79.6 Å². The van der Waals surface area contributed by atoms with Crippen molar-refractivity contribution in [1.29, 1.82) is 0 Å². The molecule has 9 heteroatoms. The second-order valence-electron chi connectivity index (χ2n) is 11.6. The fraction of sp³-hybridized carbons (Fsp3) is 0.394. The minimum Gasteiger partial charge on any atom is -0.490 e. The van der Waals surface area contributed by atoms with Gasteiger partial charge < -0.3 is 19.8 Å². The molecule has 0 saturated heterocycles. The summed E-state index contributed by atoms with van der Waals surface area (Å²) in [6.45, 7) is 10.6. The van der Waals surface area contributed by atoms with Crippen LogP contribution in [0, 0.1) is 19.7 Å². The number of hydrogen-bond donors (Lipinski definition) is 2. The predicted molar refractivity (Wildman–Crippen MR) is 167 cm³/mol. The summed E-state index contributed by atoms with van der Waals surface area (Å²) in [6, 6.07) is 8.30. The first-order valence-corrected chi connectivity index (χ1v) is 14.5. The summed E-state index contributed by atoms with van der Waals surface area (Å²) in [5, 5.41) is 19.0. The molecule has 0 atom stereocenters. The van der Waals surface area contributed by atoms with E-state index in [1.807, 2.05) is 20.9 Å². The van der Waals surface area contributed by atoms with Crippen LogP contribution in [-0.4, -0.2) is 48.3 Å². The van der Waals surface area contributed by atoms with Gasteiger partial charge in [-0.15, -0.1) is 0 Å². The van der Waals surface area contributed by atoms with E-state index in [1.54, 1.807) is 39.0 Å². The second kappa shape index (κ2) is 13.9. The number of likely N-dealkylation sites (N-methyl/N-ethyl adjacent to an activating group) is 1. The Morgan fingerprint density at radius 3 is 2.26 bits per heavy atom. The number of aliphatic carboxylic acids is 1. The maximum atomic E-state index is 14.9. The monoisotopic (exact) mass is 617 g/mol. The van der Waals surface area contributed by atoms with Crippen LogP contribution in [0.4, 0.5) is 10.1 Å². The third-order valence-electron chi connectivity index (χ3n) is 6.90. The summed E-state index contributed by atoms with van der Waals surface area (Å²) in [5.41, 5.74) is 7.59. The first-order chi connectivity index (χ1) is 19.6. The quantitative estimate of drug-likeness (QED) is 0.293. The Morgan fingerprint density at radius 1 is 1.07 bits per heavy atom. The van der Waals surface area contributed by atoms with Gasteiger partial charge in [-0.2, -0.15) is 0 Å². The molecule has 0 radical (unpaired) electrons. The largest absolute Gasteiger partial charge is 0.490 e. The highest BCUT2D eigenvalue weighted by atomic mass is 35.5. The van der Waals surface area contributed by atoms with Gasteiger partial charge in [-0.25, -0.2) is 4.39 Å². The third kappa shape index (κ3) is 8.46. The molecule has 0 spiro atoms. The van der Waals surface area contributed by atoms with E-state index in [9.17, 15) is 19.1 Å². The molecule has 226 valence electrons. The lowest BCUT2D eigenvalue weighted by Gasteiger charge is -2.25. The smallest absolute Gasteiger partial charge is 0.307 e. The summed E-state index contributed by atoms with van der Waals surface area (Å²) in [5.74, 6) is -0.859. The highest BCUT2D eigenvalue weighted by Crippen LogP contribution is 2.44. The fourth-order valence-corrected chi connectivity index (χ4v) is 5.69. The van der Waals surface area contributed by atoms with E-state index in [-0.39, 0.29) is 12.2 Å². The van der Waals surface area contributed by atoms with Crippen LogP contribution < -0.4 is 9.64 Å². The number of halogens is 3. The molecule has 6 nitrogen and oxygen atoms in total. The molecule has 42 heavy (non-hydrogen) atoms. The van der Waals surface area contributed by atoms with Crippen molar-refractivity contribution in [3.63, 3.8) is 0 Å². The van der Waals surface area contributed by atoms with Crippen molar-refractivity contribution in [2.24, 2.45) is 0 Å². The number of benzene rings is 3. The predicted octanol–water partition coefficient (Wildman–Crippen LogP) is 7.64. The lowest BCUT2D eigenvalue weighted by Crippen LogP contribution is -2.14. The molecule has 0 bridgehead atoms. The third-order valence-corrected chi connectivity index (χ3v) is 7.34. The molecule has 0 amide bonds. The Bertz CT molecular complexity index is 1460. The van der Waals surface area contributed by atoms with Gasteiger partial charge in [0.25, 0.3) is 0 Å². The van der Waals surface area contributed by atoms with E-state index in [0.717, 1.165) is 70.4 Å².